The number of carbonyl (C=O) groups is 2. The number of carboxylic acid groups (broad SMARTS) is 1. The van der Waals surface area contributed by atoms with Gasteiger partial charge in [0, 0.05) is 12.0 Å². The Bertz CT molecular complexity index is 270. The molecule has 1 atom stereocenters. The molecule has 17 heavy (non-hydrogen) atoms. The SMILES string of the molecule is CCCC(C)C(=O)NC1CCC(C(=O)O)CC1. The highest BCUT2D eigenvalue weighted by molar-refractivity contribution is 5.78. The Morgan fingerprint density at radius 2 is 1.88 bits per heavy atom. The van der Waals surface area contributed by atoms with Crippen LogP contribution in [0.25, 0.3) is 0 Å². The molecule has 0 aromatic heterocycles. The minimum atomic E-state index is -0.700. The molecule has 4 nitrogen and oxygen atoms in total. The zero-order valence-corrected chi connectivity index (χ0v) is 10.7. The van der Waals surface area contributed by atoms with E-state index < -0.39 is 5.97 Å². The number of hydrogen-bond acceptors (Lipinski definition) is 2. The van der Waals surface area contributed by atoms with Gasteiger partial charge in [0.1, 0.15) is 0 Å². The lowest BCUT2D eigenvalue weighted by Crippen LogP contribution is -2.41. The van der Waals surface area contributed by atoms with Gasteiger partial charge in [-0.05, 0) is 32.1 Å². The molecule has 0 bridgehead atoms. The smallest absolute Gasteiger partial charge is 0.306 e. The van der Waals surface area contributed by atoms with Crippen LogP contribution in [0.5, 0.6) is 0 Å². The van der Waals surface area contributed by atoms with E-state index in [4.69, 9.17) is 5.11 Å². The molecule has 0 aliphatic heterocycles. The van der Waals surface area contributed by atoms with E-state index in [2.05, 4.69) is 12.2 Å². The van der Waals surface area contributed by atoms with E-state index in [9.17, 15) is 9.59 Å². The molecule has 0 aromatic rings. The van der Waals surface area contributed by atoms with E-state index in [0.29, 0.717) is 12.8 Å². The molecule has 0 saturated heterocycles. The predicted molar refractivity (Wildman–Crippen MR) is 65.6 cm³/mol. The van der Waals surface area contributed by atoms with Gasteiger partial charge in [0.15, 0.2) is 0 Å². The van der Waals surface area contributed by atoms with Crippen LogP contribution in [0.4, 0.5) is 0 Å². The van der Waals surface area contributed by atoms with Crippen molar-refractivity contribution < 1.29 is 14.7 Å². The fourth-order valence-electron chi connectivity index (χ4n) is 2.39. The number of nitrogens with one attached hydrogen (secondary N) is 1. The monoisotopic (exact) mass is 241 g/mol. The molecule has 0 aromatic carbocycles. The summed E-state index contributed by atoms with van der Waals surface area (Å²) in [7, 11) is 0. The topological polar surface area (TPSA) is 66.4 Å². The van der Waals surface area contributed by atoms with Crippen LogP contribution < -0.4 is 5.32 Å². The van der Waals surface area contributed by atoms with Crippen LogP contribution in [0.1, 0.15) is 52.4 Å². The normalized spacial score (nSPS) is 26.2. The number of aliphatic carboxylic acids is 1. The largest absolute Gasteiger partial charge is 0.481 e. The van der Waals surface area contributed by atoms with Crippen molar-refractivity contribution in [3.8, 4) is 0 Å². The Labute approximate surface area is 103 Å². The van der Waals surface area contributed by atoms with Crippen LogP contribution in [0.2, 0.25) is 0 Å². The fraction of sp³-hybridized carbons (Fsp3) is 0.846. The van der Waals surface area contributed by atoms with Gasteiger partial charge in [-0.3, -0.25) is 9.59 Å². The molecular weight excluding hydrogens is 218 g/mol. The highest BCUT2D eigenvalue weighted by Crippen LogP contribution is 2.24. The molecule has 0 spiro atoms. The van der Waals surface area contributed by atoms with Crippen LogP contribution >= 0.6 is 0 Å². The second-order valence-electron chi connectivity index (χ2n) is 5.09. The summed E-state index contributed by atoms with van der Waals surface area (Å²) in [5, 5.41) is 11.9. The highest BCUT2D eigenvalue weighted by atomic mass is 16.4. The van der Waals surface area contributed by atoms with Crippen molar-refractivity contribution in [2.45, 2.75) is 58.4 Å². The van der Waals surface area contributed by atoms with E-state index in [1.54, 1.807) is 0 Å². The number of amides is 1. The third-order valence-electron chi connectivity index (χ3n) is 3.59. The molecule has 1 rings (SSSR count). The summed E-state index contributed by atoms with van der Waals surface area (Å²) in [6.07, 6.45) is 4.88. The van der Waals surface area contributed by atoms with E-state index in [0.717, 1.165) is 25.7 Å². The Balaban J connectivity index is 2.30. The van der Waals surface area contributed by atoms with Crippen LogP contribution in [-0.2, 0) is 9.59 Å². The third kappa shape index (κ3) is 4.36. The summed E-state index contributed by atoms with van der Waals surface area (Å²) in [6, 6.07) is 0.178. The molecule has 1 unspecified atom stereocenters. The first-order valence-electron chi connectivity index (χ1n) is 6.57. The lowest BCUT2D eigenvalue weighted by molar-refractivity contribution is -0.142. The molecule has 1 amide bonds. The zero-order chi connectivity index (χ0) is 12.8. The zero-order valence-electron chi connectivity index (χ0n) is 10.7. The summed E-state index contributed by atoms with van der Waals surface area (Å²) in [5.41, 5.74) is 0. The van der Waals surface area contributed by atoms with Crippen LogP contribution in [-0.4, -0.2) is 23.0 Å². The number of hydrogen-bond donors (Lipinski definition) is 2. The van der Waals surface area contributed by atoms with Crippen molar-refractivity contribution in [1.82, 2.24) is 5.32 Å². The maximum Gasteiger partial charge on any atom is 0.306 e. The Morgan fingerprint density at radius 1 is 1.29 bits per heavy atom. The average molecular weight is 241 g/mol. The summed E-state index contributed by atoms with van der Waals surface area (Å²) in [6.45, 7) is 4.02. The predicted octanol–water partition coefficient (Wildman–Crippen LogP) is 2.18. The van der Waals surface area contributed by atoms with Crippen molar-refractivity contribution >= 4 is 11.9 Å². The van der Waals surface area contributed by atoms with E-state index in [1.807, 2.05) is 6.92 Å². The van der Waals surface area contributed by atoms with Gasteiger partial charge >= 0.3 is 5.97 Å². The van der Waals surface area contributed by atoms with E-state index >= 15 is 0 Å². The van der Waals surface area contributed by atoms with Gasteiger partial charge in [-0.25, -0.2) is 0 Å². The molecule has 1 saturated carbocycles. The van der Waals surface area contributed by atoms with Gasteiger partial charge in [-0.15, -0.1) is 0 Å². The van der Waals surface area contributed by atoms with Crippen molar-refractivity contribution in [3.63, 3.8) is 0 Å². The first kappa shape index (κ1) is 14.0. The minimum absolute atomic E-state index is 0.0668. The molecule has 2 N–H and O–H groups in total. The third-order valence-corrected chi connectivity index (χ3v) is 3.59. The molecule has 0 heterocycles. The summed E-state index contributed by atoms with van der Waals surface area (Å²) >= 11 is 0. The summed E-state index contributed by atoms with van der Waals surface area (Å²) in [4.78, 5) is 22.6. The standard InChI is InChI=1S/C13H23NO3/c1-3-4-9(2)12(15)14-11-7-5-10(6-8-11)13(16)17/h9-11H,3-8H2,1-2H3,(H,14,15)(H,16,17). The molecular formula is C13H23NO3. The minimum Gasteiger partial charge on any atom is -0.481 e. The number of carbonyl (C=O) groups excluding carboxylic acids is 1. The van der Waals surface area contributed by atoms with E-state index in [1.165, 1.54) is 0 Å². The van der Waals surface area contributed by atoms with Gasteiger partial charge in [0.25, 0.3) is 0 Å². The van der Waals surface area contributed by atoms with Gasteiger partial charge in [0.05, 0.1) is 5.92 Å². The van der Waals surface area contributed by atoms with Crippen molar-refractivity contribution in [2.24, 2.45) is 11.8 Å². The summed E-state index contributed by atoms with van der Waals surface area (Å²) < 4.78 is 0. The van der Waals surface area contributed by atoms with Crippen LogP contribution in [0.15, 0.2) is 0 Å². The van der Waals surface area contributed by atoms with Crippen LogP contribution in [0.3, 0.4) is 0 Å². The molecule has 0 radical (unpaired) electrons. The number of carboxylic acids is 1. The Kier molecular flexibility index (Phi) is 5.45. The fourth-order valence-corrected chi connectivity index (χ4v) is 2.39. The quantitative estimate of drug-likeness (QED) is 0.775. The lowest BCUT2D eigenvalue weighted by atomic mass is 9.86. The molecule has 1 aliphatic rings. The molecule has 98 valence electrons. The first-order valence-corrected chi connectivity index (χ1v) is 6.57. The second kappa shape index (κ2) is 6.62. The molecule has 1 aliphatic carbocycles. The van der Waals surface area contributed by atoms with Gasteiger partial charge < -0.3 is 10.4 Å². The first-order chi connectivity index (χ1) is 8.04. The Hall–Kier alpha value is -1.06. The van der Waals surface area contributed by atoms with Crippen LogP contribution in [0, 0.1) is 11.8 Å². The average Bonchev–Trinajstić information content (AvgIpc) is 2.30. The van der Waals surface area contributed by atoms with Gasteiger partial charge in [-0.2, -0.15) is 0 Å². The van der Waals surface area contributed by atoms with Crippen molar-refractivity contribution in [2.75, 3.05) is 0 Å². The van der Waals surface area contributed by atoms with E-state index in [-0.39, 0.29) is 23.8 Å². The second-order valence-corrected chi connectivity index (χ2v) is 5.09. The maximum atomic E-state index is 11.8. The number of rotatable bonds is 5. The summed E-state index contributed by atoms with van der Waals surface area (Å²) in [5.74, 6) is -0.729. The molecule has 4 heteroatoms. The Morgan fingerprint density at radius 3 is 2.35 bits per heavy atom. The maximum absolute atomic E-state index is 11.8. The molecule has 1 fully saturated rings. The van der Waals surface area contributed by atoms with Crippen molar-refractivity contribution in [1.29, 1.82) is 0 Å². The van der Waals surface area contributed by atoms with Gasteiger partial charge in [0.2, 0.25) is 5.91 Å². The lowest BCUT2D eigenvalue weighted by Gasteiger charge is -2.27. The van der Waals surface area contributed by atoms with Gasteiger partial charge in [-0.1, -0.05) is 20.3 Å². The highest BCUT2D eigenvalue weighted by Gasteiger charge is 2.27. The van der Waals surface area contributed by atoms with Crippen molar-refractivity contribution in [3.05, 3.63) is 0 Å².